The van der Waals surface area contributed by atoms with Crippen LogP contribution < -0.4 is 4.74 Å². The van der Waals surface area contributed by atoms with E-state index >= 15 is 0 Å². The molecule has 4 heteroatoms. The van der Waals surface area contributed by atoms with Gasteiger partial charge in [0, 0.05) is 11.6 Å². The van der Waals surface area contributed by atoms with Crippen molar-refractivity contribution in [1.82, 2.24) is 4.37 Å². The molecule has 0 saturated carbocycles. The highest BCUT2D eigenvalue weighted by atomic mass is 79.9. The first-order chi connectivity index (χ1) is 5.81. The molecule has 0 bridgehead atoms. The van der Waals surface area contributed by atoms with E-state index in [9.17, 15) is 0 Å². The molecule has 1 aromatic carbocycles. The molecule has 12 heavy (non-hydrogen) atoms. The third kappa shape index (κ3) is 1.21. The molecule has 2 nitrogen and oxygen atoms in total. The van der Waals surface area contributed by atoms with Gasteiger partial charge in [0.15, 0.2) is 0 Å². The van der Waals surface area contributed by atoms with E-state index in [1.807, 2.05) is 18.3 Å². The van der Waals surface area contributed by atoms with Gasteiger partial charge in [-0.1, -0.05) is 0 Å². The van der Waals surface area contributed by atoms with Crippen molar-refractivity contribution in [3.63, 3.8) is 0 Å². The minimum absolute atomic E-state index is 0.850. The average Bonchev–Trinajstić information content (AvgIpc) is 2.49. The second kappa shape index (κ2) is 3.03. The zero-order chi connectivity index (χ0) is 8.55. The third-order valence-corrected chi connectivity index (χ3v) is 3.01. The number of nitrogens with zero attached hydrogens (tertiary/aromatic N) is 1. The van der Waals surface area contributed by atoms with Crippen LogP contribution in [-0.2, 0) is 0 Å². The van der Waals surface area contributed by atoms with E-state index in [0.717, 1.165) is 15.6 Å². The van der Waals surface area contributed by atoms with Crippen molar-refractivity contribution in [2.24, 2.45) is 0 Å². The highest BCUT2D eigenvalue weighted by Gasteiger charge is 2.03. The fourth-order valence-corrected chi connectivity index (χ4v) is 2.35. The smallest absolute Gasteiger partial charge is 0.133 e. The Labute approximate surface area is 82.5 Å². The molecule has 2 aromatic rings. The molecule has 0 N–H and O–H groups in total. The molecule has 0 fully saturated rings. The summed E-state index contributed by atoms with van der Waals surface area (Å²) in [6, 6.07) is 3.99. The summed E-state index contributed by atoms with van der Waals surface area (Å²) in [6.07, 6.45) is 1.84. The number of hydrogen-bond acceptors (Lipinski definition) is 3. The van der Waals surface area contributed by atoms with E-state index in [-0.39, 0.29) is 0 Å². The van der Waals surface area contributed by atoms with Crippen LogP contribution in [0.1, 0.15) is 0 Å². The monoisotopic (exact) mass is 243 g/mol. The molecule has 0 amide bonds. The van der Waals surface area contributed by atoms with Crippen LogP contribution in [0.3, 0.4) is 0 Å². The number of hydrogen-bond donors (Lipinski definition) is 0. The van der Waals surface area contributed by atoms with Gasteiger partial charge in [0.25, 0.3) is 0 Å². The number of aromatic nitrogens is 1. The van der Waals surface area contributed by atoms with Gasteiger partial charge in [0.05, 0.1) is 16.3 Å². The zero-order valence-electron chi connectivity index (χ0n) is 6.37. The molecule has 2 rings (SSSR count). The fourth-order valence-electron chi connectivity index (χ4n) is 1.03. The normalized spacial score (nSPS) is 10.5. The van der Waals surface area contributed by atoms with E-state index < -0.39 is 0 Å². The van der Waals surface area contributed by atoms with E-state index in [1.165, 1.54) is 16.2 Å². The lowest BCUT2D eigenvalue weighted by Gasteiger charge is -2.01. The van der Waals surface area contributed by atoms with Gasteiger partial charge in [0.2, 0.25) is 0 Å². The lowest BCUT2D eigenvalue weighted by Crippen LogP contribution is -1.82. The number of benzene rings is 1. The van der Waals surface area contributed by atoms with E-state index in [1.54, 1.807) is 7.11 Å². The standard InChI is InChI=1S/C8H6BrNOS/c1-11-7-2-5-4-10-12-8(5)3-6(7)9/h2-4H,1H3. The molecule has 0 radical (unpaired) electrons. The molecular weight excluding hydrogens is 238 g/mol. The molecule has 0 saturated heterocycles. The minimum Gasteiger partial charge on any atom is -0.496 e. The molecule has 0 aliphatic heterocycles. The summed E-state index contributed by atoms with van der Waals surface area (Å²) in [5.74, 6) is 0.850. The Morgan fingerprint density at radius 3 is 3.08 bits per heavy atom. The average molecular weight is 244 g/mol. The first-order valence-electron chi connectivity index (χ1n) is 3.39. The van der Waals surface area contributed by atoms with Crippen LogP contribution in [0.2, 0.25) is 0 Å². The van der Waals surface area contributed by atoms with Crippen molar-refractivity contribution in [3.8, 4) is 5.75 Å². The maximum absolute atomic E-state index is 5.15. The van der Waals surface area contributed by atoms with Crippen molar-refractivity contribution >= 4 is 37.5 Å². The summed E-state index contributed by atoms with van der Waals surface area (Å²) in [5.41, 5.74) is 0. The van der Waals surface area contributed by atoms with Gasteiger partial charge in [-0.3, -0.25) is 0 Å². The van der Waals surface area contributed by atoms with Gasteiger partial charge in [-0.05, 0) is 39.6 Å². The molecule has 0 aliphatic rings. The quantitative estimate of drug-likeness (QED) is 0.769. The molecule has 1 aromatic heterocycles. The Morgan fingerprint density at radius 2 is 2.33 bits per heavy atom. The molecule has 0 unspecified atom stereocenters. The number of rotatable bonds is 1. The second-order valence-electron chi connectivity index (χ2n) is 2.35. The number of ether oxygens (including phenoxy) is 1. The predicted molar refractivity (Wildman–Crippen MR) is 53.9 cm³/mol. The molecule has 62 valence electrons. The Bertz CT molecular complexity index is 412. The van der Waals surface area contributed by atoms with Gasteiger partial charge in [-0.25, -0.2) is 0 Å². The molecule has 0 aliphatic carbocycles. The molecule has 0 atom stereocenters. The SMILES string of the molecule is COc1cc2cnsc2cc1Br. The molecular formula is C8H6BrNOS. The van der Waals surface area contributed by atoms with E-state index in [0.29, 0.717) is 0 Å². The summed E-state index contributed by atoms with van der Waals surface area (Å²) < 4.78 is 11.4. The van der Waals surface area contributed by atoms with Crippen LogP contribution in [-0.4, -0.2) is 11.5 Å². The van der Waals surface area contributed by atoms with Crippen molar-refractivity contribution in [3.05, 3.63) is 22.8 Å². The van der Waals surface area contributed by atoms with Crippen molar-refractivity contribution in [1.29, 1.82) is 0 Å². The molecule has 0 spiro atoms. The third-order valence-electron chi connectivity index (χ3n) is 1.63. The lowest BCUT2D eigenvalue weighted by molar-refractivity contribution is 0.413. The van der Waals surface area contributed by atoms with Gasteiger partial charge in [-0.2, -0.15) is 4.37 Å². The van der Waals surface area contributed by atoms with Crippen LogP contribution in [0.15, 0.2) is 22.8 Å². The first kappa shape index (κ1) is 8.01. The zero-order valence-corrected chi connectivity index (χ0v) is 8.78. The first-order valence-corrected chi connectivity index (χ1v) is 4.96. The maximum atomic E-state index is 5.15. The van der Waals surface area contributed by atoms with Crippen LogP contribution in [0.5, 0.6) is 5.75 Å². The van der Waals surface area contributed by atoms with E-state index in [4.69, 9.17) is 4.74 Å². The van der Waals surface area contributed by atoms with Crippen LogP contribution in [0, 0.1) is 0 Å². The summed E-state index contributed by atoms with van der Waals surface area (Å²) in [7, 11) is 1.66. The van der Waals surface area contributed by atoms with Crippen molar-refractivity contribution in [2.45, 2.75) is 0 Å². The summed E-state index contributed by atoms with van der Waals surface area (Å²) >= 11 is 4.90. The number of halogens is 1. The number of methoxy groups -OCH3 is 1. The van der Waals surface area contributed by atoms with E-state index in [2.05, 4.69) is 20.3 Å². The van der Waals surface area contributed by atoms with Gasteiger partial charge in [0.1, 0.15) is 5.75 Å². The predicted octanol–water partition coefficient (Wildman–Crippen LogP) is 3.07. The van der Waals surface area contributed by atoms with Crippen molar-refractivity contribution in [2.75, 3.05) is 7.11 Å². The fraction of sp³-hybridized carbons (Fsp3) is 0.125. The summed E-state index contributed by atoms with van der Waals surface area (Å²) in [4.78, 5) is 0. The molecule has 1 heterocycles. The van der Waals surface area contributed by atoms with Gasteiger partial charge < -0.3 is 4.74 Å². The minimum atomic E-state index is 0.850. The maximum Gasteiger partial charge on any atom is 0.133 e. The van der Waals surface area contributed by atoms with Crippen LogP contribution in [0.25, 0.3) is 10.1 Å². The Balaban J connectivity index is 2.73. The van der Waals surface area contributed by atoms with Gasteiger partial charge in [-0.15, -0.1) is 0 Å². The largest absolute Gasteiger partial charge is 0.496 e. The highest BCUT2D eigenvalue weighted by molar-refractivity contribution is 9.10. The number of fused-ring (bicyclic) bond motifs is 1. The highest BCUT2D eigenvalue weighted by Crippen LogP contribution is 2.31. The lowest BCUT2D eigenvalue weighted by atomic mass is 10.3. The summed E-state index contributed by atoms with van der Waals surface area (Å²) in [5, 5.41) is 1.13. The van der Waals surface area contributed by atoms with Gasteiger partial charge >= 0.3 is 0 Å². The van der Waals surface area contributed by atoms with Crippen LogP contribution >= 0.6 is 27.5 Å². The summed E-state index contributed by atoms with van der Waals surface area (Å²) in [6.45, 7) is 0. The Hall–Kier alpha value is -0.610. The topological polar surface area (TPSA) is 22.1 Å². The Kier molecular flexibility index (Phi) is 2.02. The van der Waals surface area contributed by atoms with Crippen molar-refractivity contribution < 1.29 is 4.74 Å². The Morgan fingerprint density at radius 1 is 1.50 bits per heavy atom. The second-order valence-corrected chi connectivity index (χ2v) is 4.04. The van der Waals surface area contributed by atoms with Crippen LogP contribution in [0.4, 0.5) is 0 Å².